The van der Waals surface area contributed by atoms with Crippen LogP contribution in [0.4, 0.5) is 5.69 Å². The van der Waals surface area contributed by atoms with E-state index in [1.54, 1.807) is 0 Å². The Balaban J connectivity index is 1.69. The molecular weight excluding hydrogens is 184 g/mol. The third-order valence-electron chi connectivity index (χ3n) is 4.00. The van der Waals surface area contributed by atoms with E-state index in [1.807, 2.05) is 12.1 Å². The summed E-state index contributed by atoms with van der Waals surface area (Å²) in [6.07, 6.45) is 2.91. The van der Waals surface area contributed by atoms with Crippen LogP contribution in [0.2, 0.25) is 0 Å². The van der Waals surface area contributed by atoms with Gasteiger partial charge in [-0.25, -0.2) is 0 Å². The molecule has 1 heterocycles. The maximum Gasteiger partial charge on any atom is 0.0320 e. The summed E-state index contributed by atoms with van der Waals surface area (Å²) < 4.78 is 0. The number of hydrogen-bond acceptors (Lipinski definition) is 2. The molecule has 1 saturated heterocycles. The molecule has 80 valence electrons. The highest BCUT2D eigenvalue weighted by molar-refractivity contribution is 5.40. The number of likely N-dealkylation sites (tertiary alicyclic amines) is 1. The number of hydrogen-bond donors (Lipinski definition) is 1. The molecule has 0 radical (unpaired) electrons. The molecule has 0 amide bonds. The summed E-state index contributed by atoms with van der Waals surface area (Å²) in [5.41, 5.74) is 8.68. The van der Waals surface area contributed by atoms with Crippen LogP contribution in [-0.2, 0) is 0 Å². The standard InChI is InChI=1S/C13H18N2/c1-10(11-2-4-12(14)5-3-11)15-8-13(9-15)6-7-13/h2-5,10H,6-9,14H2,1H3. The second-order valence-corrected chi connectivity index (χ2v) is 5.25. The van der Waals surface area contributed by atoms with Gasteiger partial charge in [-0.1, -0.05) is 12.1 Å². The number of nitrogens with two attached hydrogens (primary N) is 1. The van der Waals surface area contributed by atoms with Crippen molar-refractivity contribution in [3.8, 4) is 0 Å². The molecule has 2 heteroatoms. The zero-order chi connectivity index (χ0) is 10.5. The molecule has 1 atom stereocenters. The van der Waals surface area contributed by atoms with Crippen molar-refractivity contribution in [2.45, 2.75) is 25.8 Å². The summed E-state index contributed by atoms with van der Waals surface area (Å²) in [5.74, 6) is 0. The topological polar surface area (TPSA) is 29.3 Å². The average molecular weight is 202 g/mol. The highest BCUT2D eigenvalue weighted by atomic mass is 15.2. The van der Waals surface area contributed by atoms with Gasteiger partial charge in [-0.05, 0) is 42.9 Å². The van der Waals surface area contributed by atoms with Crippen LogP contribution in [0.5, 0.6) is 0 Å². The summed E-state index contributed by atoms with van der Waals surface area (Å²) >= 11 is 0. The lowest BCUT2D eigenvalue weighted by Gasteiger charge is -2.44. The highest BCUT2D eigenvalue weighted by Crippen LogP contribution is 2.54. The van der Waals surface area contributed by atoms with Crippen LogP contribution >= 0.6 is 0 Å². The molecule has 1 aromatic carbocycles. The van der Waals surface area contributed by atoms with E-state index >= 15 is 0 Å². The zero-order valence-corrected chi connectivity index (χ0v) is 9.24. The molecule has 0 aromatic heterocycles. The Morgan fingerprint density at radius 2 is 1.80 bits per heavy atom. The molecule has 1 spiro atoms. The molecule has 2 nitrogen and oxygen atoms in total. The minimum atomic E-state index is 0.553. The van der Waals surface area contributed by atoms with E-state index in [9.17, 15) is 0 Å². The minimum absolute atomic E-state index is 0.553. The first-order valence-electron chi connectivity index (χ1n) is 5.78. The lowest BCUT2D eigenvalue weighted by atomic mass is 9.92. The lowest BCUT2D eigenvalue weighted by Crippen LogP contribution is -2.49. The smallest absolute Gasteiger partial charge is 0.0320 e. The number of anilines is 1. The van der Waals surface area contributed by atoms with Crippen LogP contribution < -0.4 is 5.73 Å². The van der Waals surface area contributed by atoms with Gasteiger partial charge < -0.3 is 5.73 Å². The molecule has 1 unspecified atom stereocenters. The van der Waals surface area contributed by atoms with E-state index in [0.29, 0.717) is 6.04 Å². The quantitative estimate of drug-likeness (QED) is 0.746. The van der Waals surface area contributed by atoms with Crippen LogP contribution in [0.3, 0.4) is 0 Å². The van der Waals surface area contributed by atoms with Crippen molar-refractivity contribution in [3.05, 3.63) is 29.8 Å². The van der Waals surface area contributed by atoms with E-state index in [0.717, 1.165) is 11.1 Å². The molecule has 1 saturated carbocycles. The van der Waals surface area contributed by atoms with Crippen molar-refractivity contribution < 1.29 is 0 Å². The maximum atomic E-state index is 5.69. The van der Waals surface area contributed by atoms with Gasteiger partial charge in [0.15, 0.2) is 0 Å². The molecular formula is C13H18N2. The van der Waals surface area contributed by atoms with Crippen molar-refractivity contribution in [1.29, 1.82) is 0 Å². The van der Waals surface area contributed by atoms with E-state index in [2.05, 4.69) is 24.0 Å². The van der Waals surface area contributed by atoms with Gasteiger partial charge in [0.25, 0.3) is 0 Å². The van der Waals surface area contributed by atoms with Gasteiger partial charge in [-0.3, -0.25) is 4.90 Å². The number of nitrogen functional groups attached to an aromatic ring is 1. The lowest BCUT2D eigenvalue weighted by molar-refractivity contribution is 0.0429. The molecule has 2 fully saturated rings. The fourth-order valence-corrected chi connectivity index (χ4v) is 2.57. The van der Waals surface area contributed by atoms with Crippen LogP contribution in [-0.4, -0.2) is 18.0 Å². The van der Waals surface area contributed by atoms with Gasteiger partial charge in [-0.2, -0.15) is 0 Å². The fourth-order valence-electron chi connectivity index (χ4n) is 2.57. The number of rotatable bonds is 2. The summed E-state index contributed by atoms with van der Waals surface area (Å²) in [7, 11) is 0. The Kier molecular flexibility index (Phi) is 1.84. The summed E-state index contributed by atoms with van der Waals surface area (Å²) in [6, 6.07) is 8.85. The number of benzene rings is 1. The average Bonchev–Trinajstić information content (AvgIpc) is 2.95. The van der Waals surface area contributed by atoms with Crippen molar-refractivity contribution in [1.82, 2.24) is 4.90 Å². The van der Waals surface area contributed by atoms with E-state index in [1.165, 1.54) is 31.5 Å². The Morgan fingerprint density at radius 3 is 2.33 bits per heavy atom. The van der Waals surface area contributed by atoms with E-state index in [4.69, 9.17) is 5.73 Å². The SMILES string of the molecule is CC(c1ccc(N)cc1)N1CC2(CC2)C1. The zero-order valence-electron chi connectivity index (χ0n) is 9.24. The molecule has 2 N–H and O–H groups in total. The molecule has 15 heavy (non-hydrogen) atoms. The minimum Gasteiger partial charge on any atom is -0.399 e. The summed E-state index contributed by atoms with van der Waals surface area (Å²) in [6.45, 7) is 4.90. The Morgan fingerprint density at radius 1 is 1.20 bits per heavy atom. The molecule has 2 aliphatic rings. The van der Waals surface area contributed by atoms with Crippen LogP contribution in [0, 0.1) is 5.41 Å². The first-order chi connectivity index (χ1) is 7.19. The Bertz CT molecular complexity index is 357. The van der Waals surface area contributed by atoms with Crippen LogP contribution in [0.25, 0.3) is 0 Å². The van der Waals surface area contributed by atoms with E-state index < -0.39 is 0 Å². The van der Waals surface area contributed by atoms with Crippen molar-refractivity contribution in [2.75, 3.05) is 18.8 Å². The highest BCUT2D eigenvalue weighted by Gasteiger charge is 2.53. The first kappa shape index (κ1) is 9.22. The van der Waals surface area contributed by atoms with Crippen molar-refractivity contribution >= 4 is 5.69 Å². The Hall–Kier alpha value is -1.02. The third kappa shape index (κ3) is 1.53. The maximum absolute atomic E-state index is 5.69. The van der Waals surface area contributed by atoms with Gasteiger partial charge in [0, 0.05) is 24.8 Å². The third-order valence-corrected chi connectivity index (χ3v) is 4.00. The van der Waals surface area contributed by atoms with Gasteiger partial charge in [0.05, 0.1) is 0 Å². The molecule has 3 rings (SSSR count). The largest absolute Gasteiger partial charge is 0.399 e. The van der Waals surface area contributed by atoms with Crippen LogP contribution in [0.15, 0.2) is 24.3 Å². The van der Waals surface area contributed by atoms with Crippen molar-refractivity contribution in [2.24, 2.45) is 5.41 Å². The van der Waals surface area contributed by atoms with Gasteiger partial charge >= 0.3 is 0 Å². The van der Waals surface area contributed by atoms with Gasteiger partial charge in [0.2, 0.25) is 0 Å². The summed E-state index contributed by atoms with van der Waals surface area (Å²) in [5, 5.41) is 0. The first-order valence-corrected chi connectivity index (χ1v) is 5.78. The molecule has 1 aliphatic carbocycles. The van der Waals surface area contributed by atoms with Crippen LogP contribution in [0.1, 0.15) is 31.4 Å². The number of nitrogens with zero attached hydrogens (tertiary/aromatic N) is 1. The molecule has 1 aromatic rings. The monoisotopic (exact) mass is 202 g/mol. The Labute approximate surface area is 91.1 Å². The summed E-state index contributed by atoms with van der Waals surface area (Å²) in [4.78, 5) is 2.57. The predicted molar refractivity (Wildman–Crippen MR) is 62.5 cm³/mol. The molecule has 0 bridgehead atoms. The normalized spacial score (nSPS) is 24.9. The fraction of sp³-hybridized carbons (Fsp3) is 0.538. The molecule has 1 aliphatic heterocycles. The van der Waals surface area contributed by atoms with Gasteiger partial charge in [0.1, 0.15) is 0 Å². The van der Waals surface area contributed by atoms with Crippen molar-refractivity contribution in [3.63, 3.8) is 0 Å². The van der Waals surface area contributed by atoms with E-state index in [-0.39, 0.29) is 0 Å². The second kappa shape index (κ2) is 2.99. The second-order valence-electron chi connectivity index (χ2n) is 5.25. The van der Waals surface area contributed by atoms with Gasteiger partial charge in [-0.15, -0.1) is 0 Å². The predicted octanol–water partition coefficient (Wildman–Crippen LogP) is 2.43.